The van der Waals surface area contributed by atoms with E-state index in [9.17, 15) is 13.5 Å². The molecule has 0 saturated carbocycles. The van der Waals surface area contributed by atoms with Crippen molar-refractivity contribution in [3.8, 4) is 5.75 Å². The lowest BCUT2D eigenvalue weighted by molar-refractivity contribution is 0.204. The lowest BCUT2D eigenvalue weighted by atomic mass is 10.2. The van der Waals surface area contributed by atoms with Crippen molar-refractivity contribution in [1.29, 1.82) is 0 Å². The topological polar surface area (TPSA) is 84.9 Å². The van der Waals surface area contributed by atoms with Crippen molar-refractivity contribution in [2.45, 2.75) is 24.8 Å². The van der Waals surface area contributed by atoms with Crippen LogP contribution in [0.15, 0.2) is 23.1 Å². The minimum Gasteiger partial charge on any atom is -0.493 e. The summed E-state index contributed by atoms with van der Waals surface area (Å²) in [4.78, 5) is 0.0986. The summed E-state index contributed by atoms with van der Waals surface area (Å²) in [5.74, 6) is 0.505. The van der Waals surface area contributed by atoms with Crippen molar-refractivity contribution in [3.05, 3.63) is 23.8 Å². The highest BCUT2D eigenvalue weighted by atomic mass is 32.2. The molecule has 6 nitrogen and oxygen atoms in total. The summed E-state index contributed by atoms with van der Waals surface area (Å²) in [7, 11) is -2.10. The molecule has 0 aromatic heterocycles. The van der Waals surface area contributed by atoms with Crippen molar-refractivity contribution in [3.63, 3.8) is 0 Å². The highest BCUT2D eigenvalue weighted by molar-refractivity contribution is 7.89. The number of sulfonamides is 1. The van der Waals surface area contributed by atoms with E-state index >= 15 is 0 Å². The molecule has 2 N–H and O–H groups in total. The van der Waals surface area contributed by atoms with Crippen LogP contribution in [0.5, 0.6) is 5.75 Å². The number of aliphatic hydroxyl groups is 1. The smallest absolute Gasteiger partial charge is 0.240 e. The number of nitrogens with one attached hydrogen (secondary N) is 1. The van der Waals surface area contributed by atoms with Crippen molar-refractivity contribution >= 4 is 10.0 Å². The van der Waals surface area contributed by atoms with E-state index in [1.807, 2.05) is 6.92 Å². The number of hydrogen-bond acceptors (Lipinski definition) is 5. The molecule has 0 aliphatic heterocycles. The fourth-order valence-corrected chi connectivity index (χ4v) is 2.62. The minimum absolute atomic E-state index is 0.0986. The van der Waals surface area contributed by atoms with Crippen LogP contribution in [0.3, 0.4) is 0 Å². The summed E-state index contributed by atoms with van der Waals surface area (Å²) in [5, 5.41) is 9.31. The molecule has 0 spiro atoms. The molecule has 0 amide bonds. The summed E-state index contributed by atoms with van der Waals surface area (Å²) >= 11 is 0. The van der Waals surface area contributed by atoms with E-state index < -0.39 is 10.0 Å². The quantitative estimate of drug-likeness (QED) is 0.662. The molecule has 0 heterocycles. The van der Waals surface area contributed by atoms with E-state index in [0.29, 0.717) is 24.5 Å². The van der Waals surface area contributed by atoms with Gasteiger partial charge in [-0.1, -0.05) is 6.92 Å². The average molecular weight is 303 g/mol. The molecule has 114 valence electrons. The minimum atomic E-state index is -3.60. The molecular weight excluding hydrogens is 282 g/mol. The fourth-order valence-electron chi connectivity index (χ4n) is 1.56. The van der Waals surface area contributed by atoms with Crippen molar-refractivity contribution in [2.75, 3.05) is 26.9 Å². The maximum Gasteiger partial charge on any atom is 0.240 e. The Morgan fingerprint density at radius 1 is 1.30 bits per heavy atom. The third-order valence-corrected chi connectivity index (χ3v) is 4.03. The summed E-state index contributed by atoms with van der Waals surface area (Å²) in [6, 6.07) is 4.44. The molecule has 0 atom stereocenters. The molecule has 7 heteroatoms. The average Bonchev–Trinajstić information content (AvgIpc) is 2.45. The summed E-state index contributed by atoms with van der Waals surface area (Å²) in [5.41, 5.74) is 0.452. The normalized spacial score (nSPS) is 11.6. The SMILES string of the molecule is CCCOc1ccc(S(=O)(=O)NCCOC)cc1CO. The van der Waals surface area contributed by atoms with Crippen molar-refractivity contribution in [2.24, 2.45) is 0 Å². The Bertz CT molecular complexity index is 515. The van der Waals surface area contributed by atoms with Gasteiger partial charge in [-0.25, -0.2) is 13.1 Å². The Kier molecular flexibility index (Phi) is 6.94. The monoisotopic (exact) mass is 303 g/mol. The summed E-state index contributed by atoms with van der Waals surface area (Å²) in [6.07, 6.45) is 0.837. The number of benzene rings is 1. The van der Waals surface area contributed by atoms with E-state index in [2.05, 4.69) is 4.72 Å². The number of methoxy groups -OCH3 is 1. The van der Waals surface area contributed by atoms with Gasteiger partial charge in [0, 0.05) is 19.2 Å². The van der Waals surface area contributed by atoms with Crippen LogP contribution in [0, 0.1) is 0 Å². The Morgan fingerprint density at radius 2 is 2.05 bits per heavy atom. The van der Waals surface area contributed by atoms with Crippen molar-refractivity contribution < 1.29 is 23.0 Å². The van der Waals surface area contributed by atoms with Crippen LogP contribution in [-0.2, 0) is 21.4 Å². The molecule has 0 bridgehead atoms. The first-order valence-electron chi connectivity index (χ1n) is 6.40. The molecule has 1 rings (SSSR count). The molecule has 0 fully saturated rings. The van der Waals surface area contributed by atoms with Gasteiger partial charge in [0.05, 0.1) is 24.7 Å². The number of hydrogen-bond donors (Lipinski definition) is 2. The van der Waals surface area contributed by atoms with Gasteiger partial charge in [-0.15, -0.1) is 0 Å². The molecule has 1 aromatic carbocycles. The number of aliphatic hydroxyl groups excluding tert-OH is 1. The molecule has 0 unspecified atom stereocenters. The Balaban J connectivity index is 2.91. The van der Waals surface area contributed by atoms with Gasteiger partial charge in [-0.2, -0.15) is 0 Å². The van der Waals surface area contributed by atoms with Crippen LogP contribution in [0.25, 0.3) is 0 Å². The number of ether oxygens (including phenoxy) is 2. The second-order valence-corrected chi connectivity index (χ2v) is 5.93. The number of rotatable bonds is 9. The van der Waals surface area contributed by atoms with Gasteiger partial charge in [0.1, 0.15) is 5.75 Å². The largest absolute Gasteiger partial charge is 0.493 e. The van der Waals surface area contributed by atoms with Crippen LogP contribution < -0.4 is 9.46 Å². The maximum absolute atomic E-state index is 12.0. The lowest BCUT2D eigenvalue weighted by Gasteiger charge is -2.12. The Morgan fingerprint density at radius 3 is 2.65 bits per heavy atom. The van der Waals surface area contributed by atoms with E-state index in [1.54, 1.807) is 6.07 Å². The Labute approximate surface area is 119 Å². The van der Waals surface area contributed by atoms with Crippen LogP contribution in [0.1, 0.15) is 18.9 Å². The summed E-state index contributed by atoms with van der Waals surface area (Å²) < 4.78 is 36.7. The molecular formula is C13H21NO5S. The second kappa shape index (κ2) is 8.21. The predicted octanol–water partition coefficient (Wildman–Crippen LogP) is 0.892. The van der Waals surface area contributed by atoms with Crippen LogP contribution in [0.2, 0.25) is 0 Å². The molecule has 0 radical (unpaired) electrons. The third kappa shape index (κ3) is 4.75. The van der Waals surface area contributed by atoms with Gasteiger partial charge in [0.2, 0.25) is 10.0 Å². The zero-order valence-electron chi connectivity index (χ0n) is 11.8. The third-order valence-electron chi connectivity index (χ3n) is 2.57. The lowest BCUT2D eigenvalue weighted by Crippen LogP contribution is -2.27. The van der Waals surface area contributed by atoms with Crippen LogP contribution in [0.4, 0.5) is 0 Å². The zero-order valence-corrected chi connectivity index (χ0v) is 12.6. The molecule has 0 aliphatic rings. The van der Waals surface area contributed by atoms with Gasteiger partial charge in [-0.3, -0.25) is 0 Å². The first-order valence-corrected chi connectivity index (χ1v) is 7.88. The highest BCUT2D eigenvalue weighted by Gasteiger charge is 2.15. The van der Waals surface area contributed by atoms with Gasteiger partial charge in [0.15, 0.2) is 0 Å². The molecule has 0 aliphatic carbocycles. The van der Waals surface area contributed by atoms with Gasteiger partial charge < -0.3 is 14.6 Å². The molecule has 20 heavy (non-hydrogen) atoms. The fraction of sp³-hybridized carbons (Fsp3) is 0.538. The van der Waals surface area contributed by atoms with Crippen molar-refractivity contribution in [1.82, 2.24) is 4.72 Å². The predicted molar refractivity (Wildman–Crippen MR) is 75.2 cm³/mol. The van der Waals surface area contributed by atoms with Gasteiger partial charge >= 0.3 is 0 Å². The van der Waals surface area contributed by atoms with E-state index in [4.69, 9.17) is 9.47 Å². The van der Waals surface area contributed by atoms with Gasteiger partial charge in [-0.05, 0) is 24.6 Å². The van der Waals surface area contributed by atoms with E-state index in [0.717, 1.165) is 6.42 Å². The maximum atomic E-state index is 12.0. The highest BCUT2D eigenvalue weighted by Crippen LogP contribution is 2.23. The Hall–Kier alpha value is -1.15. The van der Waals surface area contributed by atoms with E-state index in [1.165, 1.54) is 19.2 Å². The van der Waals surface area contributed by atoms with Crippen LogP contribution in [-0.4, -0.2) is 40.4 Å². The van der Waals surface area contributed by atoms with E-state index in [-0.39, 0.29) is 18.0 Å². The van der Waals surface area contributed by atoms with Crippen LogP contribution >= 0.6 is 0 Å². The zero-order chi connectivity index (χ0) is 15.0. The molecule has 1 aromatic rings. The first kappa shape index (κ1) is 16.9. The van der Waals surface area contributed by atoms with Gasteiger partial charge in [0.25, 0.3) is 0 Å². The standard InChI is InChI=1S/C13H21NO5S/c1-3-7-19-13-5-4-12(9-11(13)10-15)20(16,17)14-6-8-18-2/h4-5,9,14-15H,3,6-8,10H2,1-2H3. The summed E-state index contributed by atoms with van der Waals surface area (Å²) in [6.45, 7) is 2.70. The second-order valence-electron chi connectivity index (χ2n) is 4.17. The first-order chi connectivity index (χ1) is 9.55. The molecule has 0 saturated heterocycles.